The van der Waals surface area contributed by atoms with Crippen LogP contribution in [0, 0.1) is 0 Å². The van der Waals surface area contributed by atoms with Crippen LogP contribution in [0.2, 0.25) is 0 Å². The standard InChI is InChI=1S/C11H19NO9.C9H13N3O5/c1-4(14)20-11(10(18)19)2-5(15)7(12)9(21-11)8(17)6(16)3-13;10-5-1-2-12(9(16)11-5)8-7(15)6(14)4(3-13)17-8/h5-9,13,15-17H,2-3,12H2,1H3,(H,18,19);1-2,4,6-8,13-15H,3H2,(H2,10,11,16)/t5-,6?,7+,8?,9+,11?;4-,6-,7-,8-/m01/s1. The lowest BCUT2D eigenvalue weighted by molar-refractivity contribution is -0.298. The van der Waals surface area contributed by atoms with Gasteiger partial charge in [0.15, 0.2) is 6.23 Å². The number of aliphatic hydroxyl groups excluding tert-OH is 7. The summed E-state index contributed by atoms with van der Waals surface area (Å²) < 4.78 is 15.9. The van der Waals surface area contributed by atoms with Gasteiger partial charge < -0.3 is 66.5 Å². The molecule has 1 aromatic heterocycles. The highest BCUT2D eigenvalue weighted by Crippen LogP contribution is 2.33. The van der Waals surface area contributed by atoms with E-state index >= 15 is 0 Å². The Balaban J connectivity index is 0.000000272. The van der Waals surface area contributed by atoms with Crippen molar-refractivity contribution in [3.63, 3.8) is 0 Å². The third-order valence-electron chi connectivity index (χ3n) is 5.82. The predicted molar refractivity (Wildman–Crippen MR) is 121 cm³/mol. The van der Waals surface area contributed by atoms with Gasteiger partial charge in [-0.15, -0.1) is 0 Å². The van der Waals surface area contributed by atoms with E-state index in [0.717, 1.165) is 11.5 Å². The molecule has 3 heterocycles. The van der Waals surface area contributed by atoms with Crippen molar-refractivity contribution in [2.45, 2.75) is 74.1 Å². The van der Waals surface area contributed by atoms with Gasteiger partial charge in [-0.05, 0) is 6.07 Å². The number of carbonyl (C=O) groups excluding carboxylic acids is 1. The Morgan fingerprint density at radius 3 is 2.37 bits per heavy atom. The maximum absolute atomic E-state index is 11.5. The number of nitrogens with two attached hydrogens (primary N) is 2. The molecule has 216 valence electrons. The Kier molecular flexibility index (Phi) is 10.6. The van der Waals surface area contributed by atoms with Crippen LogP contribution in [0.3, 0.4) is 0 Å². The highest BCUT2D eigenvalue weighted by atomic mass is 16.7. The van der Waals surface area contributed by atoms with E-state index in [4.69, 9.17) is 31.2 Å². The summed E-state index contributed by atoms with van der Waals surface area (Å²) in [5, 5.41) is 75.2. The number of carboxylic acid groups (broad SMARTS) is 1. The minimum Gasteiger partial charge on any atom is -0.476 e. The SMILES string of the molecule is CC(=O)OC1(C(=O)O)C[C@H](O)[C@@H](N)[C@H](C(O)C(O)CO)O1.Nc1ccn([C@@H]2O[C@H](CO)[C@@H](O)[C@H]2O)c(=O)n1. The highest BCUT2D eigenvalue weighted by Gasteiger charge is 2.56. The molecule has 0 radical (unpaired) electrons. The smallest absolute Gasteiger partial charge is 0.377 e. The summed E-state index contributed by atoms with van der Waals surface area (Å²) in [5.74, 6) is -5.14. The Labute approximate surface area is 214 Å². The van der Waals surface area contributed by atoms with Gasteiger partial charge in [0.05, 0.1) is 31.8 Å². The van der Waals surface area contributed by atoms with E-state index in [1.165, 1.54) is 12.3 Å². The molecule has 0 saturated carbocycles. The fraction of sp³-hybridized carbons (Fsp3) is 0.700. The number of aliphatic carboxylic acids is 1. The summed E-state index contributed by atoms with van der Waals surface area (Å²) in [4.78, 5) is 37.4. The zero-order valence-corrected chi connectivity index (χ0v) is 20.0. The maximum atomic E-state index is 11.5. The Morgan fingerprint density at radius 2 is 1.89 bits per heavy atom. The molecule has 2 aliphatic heterocycles. The number of aromatic nitrogens is 2. The number of carboxylic acids is 1. The third kappa shape index (κ3) is 6.80. The van der Waals surface area contributed by atoms with Crippen LogP contribution in [0.15, 0.2) is 17.1 Å². The van der Waals surface area contributed by atoms with Gasteiger partial charge in [-0.25, -0.2) is 9.59 Å². The minimum absolute atomic E-state index is 0.0537. The first-order valence-electron chi connectivity index (χ1n) is 11.2. The average molecular weight is 552 g/mol. The molecular formula is C20H32N4O14. The third-order valence-corrected chi connectivity index (χ3v) is 5.82. The van der Waals surface area contributed by atoms with Gasteiger partial charge in [0, 0.05) is 13.1 Å². The van der Waals surface area contributed by atoms with E-state index in [0.29, 0.717) is 0 Å². The second kappa shape index (κ2) is 12.8. The van der Waals surface area contributed by atoms with Crippen LogP contribution in [0.5, 0.6) is 0 Å². The van der Waals surface area contributed by atoms with E-state index in [-0.39, 0.29) is 5.82 Å². The lowest BCUT2D eigenvalue weighted by Gasteiger charge is -2.44. The maximum Gasteiger partial charge on any atom is 0.377 e. The molecule has 0 spiro atoms. The van der Waals surface area contributed by atoms with Crippen LogP contribution < -0.4 is 17.2 Å². The monoisotopic (exact) mass is 552 g/mol. The van der Waals surface area contributed by atoms with Crippen molar-refractivity contribution in [3.8, 4) is 0 Å². The molecule has 0 aromatic carbocycles. The topological polar surface area (TPSA) is 311 Å². The number of nitrogen functional groups attached to an aromatic ring is 1. The van der Waals surface area contributed by atoms with Gasteiger partial charge in [-0.2, -0.15) is 4.98 Å². The van der Waals surface area contributed by atoms with Crippen LogP contribution in [0.25, 0.3) is 0 Å². The summed E-state index contributed by atoms with van der Waals surface area (Å²) in [6.07, 6.45) is -10.4. The summed E-state index contributed by atoms with van der Waals surface area (Å²) in [6.45, 7) is -0.341. The van der Waals surface area contributed by atoms with Gasteiger partial charge >= 0.3 is 23.4 Å². The molecule has 0 bridgehead atoms. The highest BCUT2D eigenvalue weighted by molar-refractivity contribution is 5.80. The molecule has 10 atom stereocenters. The van der Waals surface area contributed by atoms with Gasteiger partial charge in [-0.3, -0.25) is 9.36 Å². The molecular weight excluding hydrogens is 520 g/mol. The number of rotatable bonds is 7. The lowest BCUT2D eigenvalue weighted by atomic mass is 9.89. The van der Waals surface area contributed by atoms with Crippen LogP contribution in [0.1, 0.15) is 19.6 Å². The number of hydrogen-bond donors (Lipinski definition) is 10. The van der Waals surface area contributed by atoms with E-state index in [1.807, 2.05) is 0 Å². The molecule has 0 amide bonds. The van der Waals surface area contributed by atoms with Crippen molar-refractivity contribution in [2.24, 2.45) is 5.73 Å². The first kappa shape index (κ1) is 31.4. The molecule has 12 N–H and O–H groups in total. The summed E-state index contributed by atoms with van der Waals surface area (Å²) >= 11 is 0. The van der Waals surface area contributed by atoms with Crippen molar-refractivity contribution < 1.29 is 64.7 Å². The number of nitrogens with zero attached hydrogens (tertiary/aromatic N) is 2. The van der Waals surface area contributed by atoms with E-state index < -0.39 is 98.0 Å². The van der Waals surface area contributed by atoms with Crippen LogP contribution in [0.4, 0.5) is 5.82 Å². The normalized spacial score (nSPS) is 34.5. The molecule has 38 heavy (non-hydrogen) atoms. The number of hydrogen-bond acceptors (Lipinski definition) is 16. The molecule has 3 unspecified atom stereocenters. The minimum atomic E-state index is -2.53. The lowest BCUT2D eigenvalue weighted by Crippen LogP contribution is -2.66. The summed E-state index contributed by atoms with van der Waals surface area (Å²) in [5.41, 5.74) is 10.2. The van der Waals surface area contributed by atoms with Crippen molar-refractivity contribution in [3.05, 3.63) is 22.7 Å². The van der Waals surface area contributed by atoms with Gasteiger partial charge in [-0.1, -0.05) is 0 Å². The zero-order chi connectivity index (χ0) is 28.9. The van der Waals surface area contributed by atoms with Gasteiger partial charge in [0.2, 0.25) is 0 Å². The van der Waals surface area contributed by atoms with E-state index in [9.17, 15) is 45.0 Å². The quantitative estimate of drug-likeness (QED) is 0.141. The number of esters is 1. The second-order valence-electron chi connectivity index (χ2n) is 8.59. The fourth-order valence-corrected chi connectivity index (χ4v) is 3.81. The Hall–Kier alpha value is -2.78. The molecule has 2 saturated heterocycles. The molecule has 2 aliphatic rings. The van der Waals surface area contributed by atoms with E-state index in [2.05, 4.69) is 9.72 Å². The number of carbonyl (C=O) groups is 2. The van der Waals surface area contributed by atoms with Crippen LogP contribution in [-0.4, -0.2) is 130 Å². The summed E-state index contributed by atoms with van der Waals surface area (Å²) in [6, 6.07) is 0.125. The Bertz CT molecular complexity index is 1030. The van der Waals surface area contributed by atoms with Crippen molar-refractivity contribution in [2.75, 3.05) is 18.9 Å². The van der Waals surface area contributed by atoms with Crippen LogP contribution >= 0.6 is 0 Å². The number of anilines is 1. The predicted octanol–water partition coefficient (Wildman–Crippen LogP) is -6.04. The largest absolute Gasteiger partial charge is 0.476 e. The van der Waals surface area contributed by atoms with Crippen molar-refractivity contribution in [1.29, 1.82) is 0 Å². The first-order chi connectivity index (χ1) is 17.7. The van der Waals surface area contributed by atoms with Crippen molar-refractivity contribution >= 4 is 17.8 Å². The van der Waals surface area contributed by atoms with Gasteiger partial charge in [0.1, 0.15) is 42.4 Å². The zero-order valence-electron chi connectivity index (χ0n) is 20.0. The summed E-state index contributed by atoms with van der Waals surface area (Å²) in [7, 11) is 0. The molecule has 18 nitrogen and oxygen atoms in total. The average Bonchev–Trinajstić information content (AvgIpc) is 3.13. The molecule has 0 aliphatic carbocycles. The molecule has 18 heteroatoms. The molecule has 3 rings (SSSR count). The fourth-order valence-electron chi connectivity index (χ4n) is 3.81. The Morgan fingerprint density at radius 1 is 1.26 bits per heavy atom. The number of aliphatic hydroxyl groups is 7. The van der Waals surface area contributed by atoms with E-state index in [1.54, 1.807) is 0 Å². The second-order valence-corrected chi connectivity index (χ2v) is 8.59. The molecule has 1 aromatic rings. The first-order valence-corrected chi connectivity index (χ1v) is 11.2. The van der Waals surface area contributed by atoms with Crippen molar-refractivity contribution in [1.82, 2.24) is 9.55 Å². The number of ether oxygens (including phenoxy) is 3. The van der Waals surface area contributed by atoms with Crippen LogP contribution in [-0.2, 0) is 23.8 Å². The molecule has 2 fully saturated rings. The van der Waals surface area contributed by atoms with Gasteiger partial charge in [0.25, 0.3) is 0 Å².